The number of phosphoric ester groups is 1. The molecule has 0 aliphatic rings. The number of rotatable bonds is 50. The molecule has 0 bridgehead atoms. The molecule has 3 N–H and O–H groups in total. The number of aliphatic hydroxyl groups is 1. The minimum absolute atomic E-state index is 0.0444. The number of likely N-dealkylation sites (N-methyl/N-ethyl adjacent to an activating group) is 1. The summed E-state index contributed by atoms with van der Waals surface area (Å²) in [4.78, 5) is 23.3. The van der Waals surface area contributed by atoms with Crippen LogP contribution < -0.4 is 5.32 Å². The van der Waals surface area contributed by atoms with Gasteiger partial charge in [0.25, 0.3) is 0 Å². The van der Waals surface area contributed by atoms with E-state index in [-0.39, 0.29) is 19.1 Å². The number of allylic oxidation sites excluding steroid dienone is 19. The molecule has 9 heteroatoms. The summed E-state index contributed by atoms with van der Waals surface area (Å²) in [5.74, 6) is -0.207. The predicted octanol–water partition coefficient (Wildman–Crippen LogP) is 17.4. The summed E-state index contributed by atoms with van der Waals surface area (Å²) in [5, 5.41) is 13.9. The first kappa shape index (κ1) is 67.9. The summed E-state index contributed by atoms with van der Waals surface area (Å²) in [6.45, 7) is 4.65. The number of unbranched alkanes of at least 4 members (excludes halogenated alkanes) is 19. The fourth-order valence-corrected chi connectivity index (χ4v) is 8.20. The Morgan fingerprint density at radius 2 is 0.859 bits per heavy atom. The third-order valence-corrected chi connectivity index (χ3v) is 12.9. The van der Waals surface area contributed by atoms with Crippen LogP contribution in [0.2, 0.25) is 0 Å². The topological polar surface area (TPSA) is 105 Å². The van der Waals surface area contributed by atoms with E-state index in [0.29, 0.717) is 17.4 Å². The lowest BCUT2D eigenvalue weighted by Gasteiger charge is -2.25. The van der Waals surface area contributed by atoms with E-state index in [1.807, 2.05) is 27.2 Å². The van der Waals surface area contributed by atoms with Gasteiger partial charge >= 0.3 is 7.82 Å². The van der Waals surface area contributed by atoms with Crippen molar-refractivity contribution in [3.05, 3.63) is 122 Å². The lowest BCUT2D eigenvalue weighted by atomic mass is 10.1. The van der Waals surface area contributed by atoms with Gasteiger partial charge in [-0.1, -0.05) is 225 Å². The van der Waals surface area contributed by atoms with Crippen molar-refractivity contribution in [3.8, 4) is 0 Å². The normalized spacial score (nSPS) is 14.9. The highest BCUT2D eigenvalue weighted by molar-refractivity contribution is 7.47. The van der Waals surface area contributed by atoms with Crippen molar-refractivity contribution in [1.29, 1.82) is 0 Å². The van der Waals surface area contributed by atoms with E-state index >= 15 is 0 Å². The quantitative estimate of drug-likeness (QED) is 0.0243. The van der Waals surface area contributed by atoms with Gasteiger partial charge in [0.2, 0.25) is 5.91 Å². The van der Waals surface area contributed by atoms with Gasteiger partial charge in [-0.25, -0.2) is 4.57 Å². The molecule has 0 spiro atoms. The van der Waals surface area contributed by atoms with Crippen LogP contribution in [0.5, 0.6) is 0 Å². The molecular weight excluding hydrogens is 900 g/mol. The van der Waals surface area contributed by atoms with E-state index in [1.165, 1.54) is 89.9 Å². The van der Waals surface area contributed by atoms with Crippen LogP contribution in [0.4, 0.5) is 0 Å². The third-order valence-electron chi connectivity index (χ3n) is 11.9. The zero-order chi connectivity index (χ0) is 52.0. The van der Waals surface area contributed by atoms with Gasteiger partial charge in [-0.15, -0.1) is 0 Å². The number of carbonyl (C=O) groups excluding carboxylic acids is 1. The summed E-state index contributed by atoms with van der Waals surface area (Å²) in [6.07, 6.45) is 77.2. The van der Waals surface area contributed by atoms with Crippen LogP contribution in [0.25, 0.3) is 0 Å². The number of quaternary nitrogens is 1. The predicted molar refractivity (Wildman–Crippen MR) is 308 cm³/mol. The molecule has 0 fully saturated rings. The number of hydrogen-bond acceptors (Lipinski definition) is 5. The zero-order valence-corrected chi connectivity index (χ0v) is 47.1. The van der Waals surface area contributed by atoms with Gasteiger partial charge in [0, 0.05) is 6.42 Å². The van der Waals surface area contributed by atoms with Crippen LogP contribution in [0, 0.1) is 0 Å². The van der Waals surface area contributed by atoms with Crippen molar-refractivity contribution in [2.45, 2.75) is 225 Å². The van der Waals surface area contributed by atoms with Crippen LogP contribution >= 0.6 is 7.82 Å². The Balaban J connectivity index is 4.35. The molecule has 0 aliphatic carbocycles. The van der Waals surface area contributed by atoms with E-state index in [0.717, 1.165) is 103 Å². The Bertz CT molecular complexity index is 1560. The fraction of sp³-hybridized carbons (Fsp3) is 0.661. The highest BCUT2D eigenvalue weighted by Gasteiger charge is 2.27. The average Bonchev–Trinajstić information content (AvgIpc) is 3.33. The van der Waals surface area contributed by atoms with Crippen LogP contribution in [0.15, 0.2) is 122 Å². The van der Waals surface area contributed by atoms with Crippen LogP contribution in [0.3, 0.4) is 0 Å². The maximum atomic E-state index is 13.0. The Morgan fingerprint density at radius 1 is 0.493 bits per heavy atom. The second-order valence-corrected chi connectivity index (χ2v) is 21.4. The molecule has 0 heterocycles. The number of phosphoric acid groups is 1. The number of carbonyl (C=O) groups is 1. The Morgan fingerprint density at radius 3 is 1.30 bits per heavy atom. The molecule has 0 saturated heterocycles. The Hall–Kier alpha value is -3.10. The minimum atomic E-state index is -4.37. The molecule has 406 valence electrons. The number of nitrogens with one attached hydrogen (secondary N) is 1. The minimum Gasteiger partial charge on any atom is -0.387 e. The smallest absolute Gasteiger partial charge is 0.387 e. The molecule has 0 radical (unpaired) electrons. The van der Waals surface area contributed by atoms with Gasteiger partial charge in [0.15, 0.2) is 0 Å². The fourth-order valence-electron chi connectivity index (χ4n) is 7.46. The molecule has 8 nitrogen and oxygen atoms in total. The van der Waals surface area contributed by atoms with Gasteiger partial charge in [0.05, 0.1) is 39.9 Å². The standard InChI is InChI=1S/C62H107N2O6P/c1-6-8-10-12-14-16-18-20-22-24-26-28-29-30-31-32-33-34-35-36-38-40-42-44-46-48-50-52-54-56-62(66)63-60(59-70-71(67,68)69-58-57-64(3,4)5)61(65)55-53-51-49-47-45-43-41-39-37-27-25-23-21-19-17-15-13-11-9-7-2/h8,10,14,16,20,22,26,28,30-31,33-34,36-39,45,47,53,55,60-61,65H,6-7,9,11-13,15,17-19,21,23-25,27,29,32,35,40-44,46,48-52,54,56-59H2,1-5H3,(H-,63,66,67,68)/p+1/b10-8-,16-14-,22-20-,28-26-,31-30-,34-33-,38-36-,39-37+,47-45+,55-53+. The first-order valence-corrected chi connectivity index (χ1v) is 29.9. The number of hydrogen-bond donors (Lipinski definition) is 3. The second kappa shape index (κ2) is 51.8. The summed E-state index contributed by atoms with van der Waals surface area (Å²) in [7, 11) is 1.52. The number of nitrogens with zero attached hydrogens (tertiary/aromatic N) is 1. The molecule has 3 unspecified atom stereocenters. The van der Waals surface area contributed by atoms with E-state index in [2.05, 4.69) is 129 Å². The van der Waals surface area contributed by atoms with Crippen molar-refractivity contribution < 1.29 is 32.9 Å². The molecule has 0 rings (SSSR count). The van der Waals surface area contributed by atoms with Crippen LogP contribution in [-0.4, -0.2) is 73.4 Å². The molecule has 0 aromatic rings. The van der Waals surface area contributed by atoms with Crippen molar-refractivity contribution in [1.82, 2.24) is 5.32 Å². The number of aliphatic hydroxyl groups excluding tert-OH is 1. The van der Waals surface area contributed by atoms with Gasteiger partial charge in [0.1, 0.15) is 13.2 Å². The molecule has 0 aliphatic heterocycles. The summed E-state index contributed by atoms with van der Waals surface area (Å²) < 4.78 is 23.7. The Kier molecular flexibility index (Phi) is 49.5. The van der Waals surface area contributed by atoms with Crippen LogP contribution in [-0.2, 0) is 18.4 Å². The third kappa shape index (κ3) is 54.5. The van der Waals surface area contributed by atoms with Gasteiger partial charge < -0.3 is 19.8 Å². The average molecular weight is 1010 g/mol. The monoisotopic (exact) mass is 1010 g/mol. The SMILES string of the molecule is CC/C=C\C/C=C\C/C=C\C/C=C\C/C=C\C/C=C\C/C=C\CCCCCCCCCC(=O)NC(COP(=O)(O)OCC[N+](C)(C)C)C(O)/C=C/CC/C=C/CC/C=C/CCCCCCCCCCCC. The molecule has 0 saturated carbocycles. The molecule has 1 amide bonds. The van der Waals surface area contributed by atoms with Crippen molar-refractivity contribution in [2.75, 3.05) is 40.9 Å². The molecule has 0 aromatic carbocycles. The van der Waals surface area contributed by atoms with Crippen molar-refractivity contribution >= 4 is 13.7 Å². The number of amides is 1. The molecule has 71 heavy (non-hydrogen) atoms. The van der Waals surface area contributed by atoms with E-state index in [1.54, 1.807) is 6.08 Å². The first-order valence-electron chi connectivity index (χ1n) is 28.4. The van der Waals surface area contributed by atoms with Crippen molar-refractivity contribution in [2.24, 2.45) is 0 Å². The molecular formula is C62H108N2O6P+. The van der Waals surface area contributed by atoms with Gasteiger partial charge in [-0.3, -0.25) is 13.8 Å². The van der Waals surface area contributed by atoms with Gasteiger partial charge in [-0.05, 0) is 103 Å². The largest absolute Gasteiger partial charge is 0.472 e. The summed E-state index contributed by atoms with van der Waals surface area (Å²) in [5.41, 5.74) is 0. The summed E-state index contributed by atoms with van der Waals surface area (Å²) >= 11 is 0. The van der Waals surface area contributed by atoms with Gasteiger partial charge in [-0.2, -0.15) is 0 Å². The van der Waals surface area contributed by atoms with E-state index < -0.39 is 20.0 Å². The highest BCUT2D eigenvalue weighted by atomic mass is 31.2. The van der Waals surface area contributed by atoms with Crippen molar-refractivity contribution in [3.63, 3.8) is 0 Å². The second-order valence-electron chi connectivity index (χ2n) is 19.9. The lowest BCUT2D eigenvalue weighted by molar-refractivity contribution is -0.870. The zero-order valence-electron chi connectivity index (χ0n) is 46.2. The summed E-state index contributed by atoms with van der Waals surface area (Å²) in [6, 6.07) is -0.886. The Labute approximate surface area is 437 Å². The highest BCUT2D eigenvalue weighted by Crippen LogP contribution is 2.43. The first-order chi connectivity index (χ1) is 34.5. The molecule has 3 atom stereocenters. The maximum absolute atomic E-state index is 13.0. The van der Waals surface area contributed by atoms with E-state index in [9.17, 15) is 19.4 Å². The van der Waals surface area contributed by atoms with E-state index in [4.69, 9.17) is 9.05 Å². The maximum Gasteiger partial charge on any atom is 0.472 e. The lowest BCUT2D eigenvalue weighted by Crippen LogP contribution is -2.45. The van der Waals surface area contributed by atoms with Crippen LogP contribution in [0.1, 0.15) is 213 Å². The molecule has 0 aromatic heterocycles.